The summed E-state index contributed by atoms with van der Waals surface area (Å²) in [6.45, 7) is 0.696. The molecular weight excluding hydrogens is 198 g/mol. The quantitative estimate of drug-likeness (QED) is 0.193. The summed E-state index contributed by atoms with van der Waals surface area (Å²) < 4.78 is 8.10. The first kappa shape index (κ1) is 16.2. The number of aliphatic hydroxyl groups is 2. The van der Waals surface area contributed by atoms with Gasteiger partial charge in [0.05, 0.1) is 26.4 Å². The minimum atomic E-state index is -2.13. The zero-order valence-electron chi connectivity index (χ0n) is 7.48. The largest absolute Gasteiger partial charge is 0.621 e. The van der Waals surface area contributed by atoms with E-state index in [9.17, 15) is 0 Å². The molecule has 84 valence electrons. The van der Waals surface area contributed by atoms with Crippen LogP contribution in [0.25, 0.3) is 0 Å². The van der Waals surface area contributed by atoms with E-state index in [4.69, 9.17) is 30.3 Å². The number of ether oxygens (including phenoxy) is 1. The predicted octanol–water partition coefficient (Wildman–Crippen LogP) is -4.07. The van der Waals surface area contributed by atoms with Gasteiger partial charge in [0.15, 0.2) is 0 Å². The molecule has 0 aromatic heterocycles. The van der Waals surface area contributed by atoms with Gasteiger partial charge in [0.25, 0.3) is 0 Å². The fourth-order valence-electron chi connectivity index (χ4n) is 0.340. The molecule has 0 rings (SSSR count). The third-order valence-electron chi connectivity index (χ3n) is 0.715. The van der Waals surface area contributed by atoms with E-state index in [1.807, 2.05) is 0 Å². The van der Waals surface area contributed by atoms with Gasteiger partial charge in [-0.25, -0.2) is 0 Å². The minimum Gasteiger partial charge on any atom is -0.402 e. The molecule has 0 atom stereocenters. The second kappa shape index (κ2) is 12.8. The van der Waals surface area contributed by atoms with Crippen molar-refractivity contribution in [3.63, 3.8) is 0 Å². The Morgan fingerprint density at radius 1 is 0.786 bits per heavy atom. The Labute approximate surface area is 81.7 Å². The summed E-state index contributed by atoms with van der Waals surface area (Å²) >= 11 is 0. The summed E-state index contributed by atoms with van der Waals surface area (Å²) in [6, 6.07) is 0. The number of hydrogen-bond acceptors (Lipinski definition) is 8. The maximum atomic E-state index is 8.09. The zero-order valence-corrected chi connectivity index (χ0v) is 7.48. The summed E-state index contributed by atoms with van der Waals surface area (Å²) in [6.07, 6.45) is 0. The Balaban J connectivity index is 0. The highest BCUT2D eigenvalue weighted by Crippen LogP contribution is 1.73. The van der Waals surface area contributed by atoms with E-state index >= 15 is 0 Å². The van der Waals surface area contributed by atoms with Crippen LogP contribution in [0.1, 0.15) is 0 Å². The lowest BCUT2D eigenvalue weighted by atomic mass is 10.1. The van der Waals surface area contributed by atoms with Crippen LogP contribution in [0.5, 0.6) is 0 Å². The molecule has 0 fully saturated rings. The van der Waals surface area contributed by atoms with Crippen molar-refractivity contribution in [2.45, 2.75) is 0 Å². The Morgan fingerprint density at radius 3 is 1.29 bits per heavy atom. The van der Waals surface area contributed by atoms with Crippen LogP contribution >= 0.6 is 0 Å². The molecule has 6 N–H and O–H groups in total. The van der Waals surface area contributed by atoms with E-state index in [0.29, 0.717) is 13.2 Å². The van der Waals surface area contributed by atoms with Gasteiger partial charge in [0.2, 0.25) is 0 Å². The monoisotopic (exact) mass is 212 g/mol. The van der Waals surface area contributed by atoms with Crippen molar-refractivity contribution in [2.75, 3.05) is 26.4 Å². The number of rotatable bonds is 6. The fourth-order valence-corrected chi connectivity index (χ4v) is 0.340. The average Bonchev–Trinajstić information content (AvgIpc) is 2.04. The smallest absolute Gasteiger partial charge is 0.402 e. The Kier molecular flexibility index (Phi) is 14.9. The van der Waals surface area contributed by atoms with Gasteiger partial charge in [-0.05, 0) is 0 Å². The molecule has 0 aliphatic heterocycles. The molecular formula is C4H14B2O8. The summed E-state index contributed by atoms with van der Waals surface area (Å²) in [5.41, 5.74) is 0. The Bertz CT molecular complexity index is 91.3. The summed E-state index contributed by atoms with van der Waals surface area (Å²) in [5, 5.41) is 47.1. The van der Waals surface area contributed by atoms with Crippen LogP contribution in [0.3, 0.4) is 0 Å². The lowest BCUT2D eigenvalue weighted by Crippen LogP contribution is -2.28. The van der Waals surface area contributed by atoms with Gasteiger partial charge < -0.3 is 39.6 Å². The van der Waals surface area contributed by atoms with Crippen molar-refractivity contribution in [3.8, 4) is 0 Å². The fraction of sp³-hybridized carbons (Fsp3) is 1.00. The van der Waals surface area contributed by atoms with Gasteiger partial charge >= 0.3 is 14.6 Å². The summed E-state index contributed by atoms with van der Waals surface area (Å²) in [5.74, 6) is 0. The van der Waals surface area contributed by atoms with E-state index in [-0.39, 0.29) is 13.2 Å². The maximum Gasteiger partial charge on any atom is 0.621 e. The second-order valence-electron chi connectivity index (χ2n) is 1.85. The SMILES string of the molecule is OB(O)OB(O)O.OCCOCCO. The van der Waals surface area contributed by atoms with Crippen LogP contribution in [-0.4, -0.2) is 71.4 Å². The molecule has 0 unspecified atom stereocenters. The van der Waals surface area contributed by atoms with Gasteiger partial charge in [-0.2, -0.15) is 0 Å². The van der Waals surface area contributed by atoms with Crippen molar-refractivity contribution in [3.05, 3.63) is 0 Å². The van der Waals surface area contributed by atoms with Gasteiger partial charge in [0, 0.05) is 0 Å². The molecule has 0 heterocycles. The first-order chi connectivity index (χ1) is 6.54. The van der Waals surface area contributed by atoms with Crippen molar-refractivity contribution >= 4 is 14.6 Å². The molecule has 0 spiro atoms. The standard InChI is InChI=1S/C4H10O3.B2H4O5/c5-1-3-7-4-2-6;3-1(4)7-2(5)6/h5-6H,1-4H2;3-6H. The molecule has 0 bridgehead atoms. The second-order valence-corrected chi connectivity index (χ2v) is 1.85. The van der Waals surface area contributed by atoms with Crippen molar-refractivity contribution < 1.29 is 39.6 Å². The van der Waals surface area contributed by atoms with Crippen LogP contribution in [0.4, 0.5) is 0 Å². The molecule has 0 aliphatic rings. The lowest BCUT2D eigenvalue weighted by Gasteiger charge is -1.95. The zero-order chi connectivity index (χ0) is 11.4. The molecule has 10 heteroatoms. The van der Waals surface area contributed by atoms with E-state index in [1.165, 1.54) is 0 Å². The number of hydrogen-bond donors (Lipinski definition) is 6. The molecule has 8 nitrogen and oxygen atoms in total. The normalized spacial score (nSPS) is 9.00. The highest BCUT2D eigenvalue weighted by Gasteiger charge is 2.18. The Morgan fingerprint density at radius 2 is 1.14 bits per heavy atom. The van der Waals surface area contributed by atoms with Gasteiger partial charge in [-0.15, -0.1) is 0 Å². The first-order valence-electron chi connectivity index (χ1n) is 3.71. The third kappa shape index (κ3) is 22.6. The first-order valence-corrected chi connectivity index (χ1v) is 3.71. The summed E-state index contributed by atoms with van der Waals surface area (Å²) in [7, 11) is -4.25. The Hall–Kier alpha value is -0.190. The third-order valence-corrected chi connectivity index (χ3v) is 0.715. The lowest BCUT2D eigenvalue weighted by molar-refractivity contribution is 0.0650. The van der Waals surface area contributed by atoms with Crippen molar-refractivity contribution in [1.82, 2.24) is 0 Å². The van der Waals surface area contributed by atoms with Crippen LogP contribution in [-0.2, 0) is 9.31 Å². The highest BCUT2D eigenvalue weighted by molar-refractivity contribution is 6.48. The predicted molar refractivity (Wildman–Crippen MR) is 46.5 cm³/mol. The highest BCUT2D eigenvalue weighted by atomic mass is 16.7. The minimum absolute atomic E-state index is 0.0278. The molecule has 0 aromatic rings. The van der Waals surface area contributed by atoms with E-state index in [1.54, 1.807) is 0 Å². The molecule has 0 aliphatic carbocycles. The van der Waals surface area contributed by atoms with E-state index in [2.05, 4.69) is 9.31 Å². The van der Waals surface area contributed by atoms with Gasteiger partial charge in [-0.3, -0.25) is 0 Å². The maximum absolute atomic E-state index is 8.09. The molecule has 0 saturated carbocycles. The summed E-state index contributed by atoms with van der Waals surface area (Å²) in [4.78, 5) is 0. The van der Waals surface area contributed by atoms with Crippen LogP contribution < -0.4 is 0 Å². The molecule has 14 heavy (non-hydrogen) atoms. The van der Waals surface area contributed by atoms with E-state index < -0.39 is 14.6 Å². The molecule has 0 radical (unpaired) electrons. The van der Waals surface area contributed by atoms with Crippen molar-refractivity contribution in [2.24, 2.45) is 0 Å². The molecule has 0 saturated heterocycles. The number of aliphatic hydroxyl groups excluding tert-OH is 2. The average molecular weight is 212 g/mol. The van der Waals surface area contributed by atoms with Crippen LogP contribution in [0, 0.1) is 0 Å². The van der Waals surface area contributed by atoms with Gasteiger partial charge in [-0.1, -0.05) is 0 Å². The molecule has 0 amide bonds. The topological polar surface area (TPSA) is 140 Å². The van der Waals surface area contributed by atoms with E-state index in [0.717, 1.165) is 0 Å². The molecule has 0 aromatic carbocycles. The van der Waals surface area contributed by atoms with Gasteiger partial charge in [0.1, 0.15) is 0 Å². The van der Waals surface area contributed by atoms with Crippen LogP contribution in [0.15, 0.2) is 0 Å². The van der Waals surface area contributed by atoms with Crippen LogP contribution in [0.2, 0.25) is 0 Å². The van der Waals surface area contributed by atoms with Crippen molar-refractivity contribution in [1.29, 1.82) is 0 Å².